The lowest BCUT2D eigenvalue weighted by atomic mass is 10.1. The fourth-order valence-electron chi connectivity index (χ4n) is 1.37. The molecule has 1 rings (SSSR count). The summed E-state index contributed by atoms with van der Waals surface area (Å²) in [7, 11) is 0. The molecule has 0 unspecified atom stereocenters. The van der Waals surface area contributed by atoms with E-state index in [0.717, 1.165) is 28.6 Å². The summed E-state index contributed by atoms with van der Waals surface area (Å²) in [6, 6.07) is 5.85. The van der Waals surface area contributed by atoms with Gasteiger partial charge in [-0.05, 0) is 25.5 Å². The molecule has 1 atom stereocenters. The average molecular weight is 282 g/mol. The number of hydrogen-bond acceptors (Lipinski definition) is 2. The fourth-order valence-corrected chi connectivity index (χ4v) is 1.71. The number of terminal acetylenes is 1. The molecule has 0 spiro atoms. The van der Waals surface area contributed by atoms with Crippen LogP contribution in [0, 0.1) is 12.3 Å². The number of unbranched alkanes of at least 4 members (excludes halogenated alkanes) is 1. The summed E-state index contributed by atoms with van der Waals surface area (Å²) in [5, 5.41) is 0. The third-order valence-corrected chi connectivity index (χ3v) is 2.68. The summed E-state index contributed by atoms with van der Waals surface area (Å²) < 4.78 is 6.67. The molecule has 2 N–H and O–H groups in total. The first-order chi connectivity index (χ1) is 7.65. The highest BCUT2D eigenvalue weighted by atomic mass is 79.9. The molecule has 16 heavy (non-hydrogen) atoms. The summed E-state index contributed by atoms with van der Waals surface area (Å²) in [6.07, 6.45) is 6.78. The van der Waals surface area contributed by atoms with Gasteiger partial charge in [-0.1, -0.05) is 22.0 Å². The van der Waals surface area contributed by atoms with Crippen LogP contribution in [0.25, 0.3) is 0 Å². The summed E-state index contributed by atoms with van der Waals surface area (Å²) in [5.74, 6) is 3.42. The topological polar surface area (TPSA) is 35.2 Å². The molecule has 0 fully saturated rings. The maximum atomic E-state index is 5.87. The lowest BCUT2D eigenvalue weighted by Crippen LogP contribution is -2.08. The molecule has 0 aliphatic carbocycles. The van der Waals surface area contributed by atoms with Crippen LogP contribution in [0.2, 0.25) is 0 Å². The van der Waals surface area contributed by atoms with Crippen molar-refractivity contribution in [2.24, 2.45) is 5.73 Å². The maximum absolute atomic E-state index is 5.87. The Hall–Kier alpha value is -0.980. The zero-order valence-corrected chi connectivity index (χ0v) is 11.0. The van der Waals surface area contributed by atoms with Crippen molar-refractivity contribution in [2.75, 3.05) is 6.61 Å². The molecule has 0 aliphatic heterocycles. The first-order valence-electron chi connectivity index (χ1n) is 5.26. The number of halogens is 1. The van der Waals surface area contributed by atoms with Gasteiger partial charge in [-0.25, -0.2) is 0 Å². The maximum Gasteiger partial charge on any atom is 0.125 e. The third-order valence-electron chi connectivity index (χ3n) is 2.19. The highest BCUT2D eigenvalue weighted by Gasteiger charge is 2.08. The standard InChI is InChI=1S/C13H16BrNO/c1-3-4-5-8-16-13-9-11(14)6-7-12(13)10(2)15/h1,6-7,9-10H,4-5,8,15H2,2H3/t10-/m0/s1. The normalized spacial score (nSPS) is 11.9. The molecule has 86 valence electrons. The van der Waals surface area contributed by atoms with E-state index in [1.165, 1.54) is 0 Å². The highest BCUT2D eigenvalue weighted by molar-refractivity contribution is 9.10. The lowest BCUT2D eigenvalue weighted by Gasteiger charge is -2.14. The summed E-state index contributed by atoms with van der Waals surface area (Å²) in [6.45, 7) is 2.57. The van der Waals surface area contributed by atoms with Gasteiger partial charge in [0.25, 0.3) is 0 Å². The van der Waals surface area contributed by atoms with Gasteiger partial charge in [0.15, 0.2) is 0 Å². The molecular weight excluding hydrogens is 266 g/mol. The lowest BCUT2D eigenvalue weighted by molar-refractivity contribution is 0.308. The minimum absolute atomic E-state index is 0.0317. The minimum atomic E-state index is -0.0317. The van der Waals surface area contributed by atoms with Crippen LogP contribution in [0.4, 0.5) is 0 Å². The van der Waals surface area contributed by atoms with Gasteiger partial charge in [-0.3, -0.25) is 0 Å². The predicted octanol–water partition coefficient (Wildman–Crippen LogP) is 3.26. The van der Waals surface area contributed by atoms with E-state index in [0.29, 0.717) is 6.61 Å². The number of ether oxygens (including phenoxy) is 1. The van der Waals surface area contributed by atoms with Gasteiger partial charge in [0.2, 0.25) is 0 Å². The smallest absolute Gasteiger partial charge is 0.125 e. The third kappa shape index (κ3) is 3.88. The van der Waals surface area contributed by atoms with Crippen molar-refractivity contribution in [1.82, 2.24) is 0 Å². The van der Waals surface area contributed by atoms with E-state index < -0.39 is 0 Å². The first-order valence-corrected chi connectivity index (χ1v) is 6.05. The van der Waals surface area contributed by atoms with Crippen molar-refractivity contribution >= 4 is 15.9 Å². The molecule has 3 heteroatoms. The van der Waals surface area contributed by atoms with Gasteiger partial charge >= 0.3 is 0 Å². The Morgan fingerprint density at radius 3 is 2.94 bits per heavy atom. The zero-order valence-electron chi connectivity index (χ0n) is 9.37. The van der Waals surface area contributed by atoms with Gasteiger partial charge < -0.3 is 10.5 Å². The van der Waals surface area contributed by atoms with E-state index in [-0.39, 0.29) is 6.04 Å². The Morgan fingerprint density at radius 1 is 1.56 bits per heavy atom. The van der Waals surface area contributed by atoms with Crippen LogP contribution in [-0.4, -0.2) is 6.61 Å². The molecule has 1 aromatic carbocycles. The van der Waals surface area contributed by atoms with Crippen molar-refractivity contribution in [1.29, 1.82) is 0 Å². The second-order valence-electron chi connectivity index (χ2n) is 3.63. The second kappa shape index (κ2) is 6.57. The number of benzene rings is 1. The second-order valence-corrected chi connectivity index (χ2v) is 4.54. The van der Waals surface area contributed by atoms with Gasteiger partial charge in [0.05, 0.1) is 6.61 Å². The first kappa shape index (κ1) is 13.1. The van der Waals surface area contributed by atoms with Crippen LogP contribution < -0.4 is 10.5 Å². The van der Waals surface area contributed by atoms with Gasteiger partial charge in [0, 0.05) is 22.5 Å². The van der Waals surface area contributed by atoms with Crippen molar-refractivity contribution in [3.63, 3.8) is 0 Å². The summed E-state index contributed by atoms with van der Waals surface area (Å²) >= 11 is 3.41. The monoisotopic (exact) mass is 281 g/mol. The quantitative estimate of drug-likeness (QED) is 0.664. The Kier molecular flexibility index (Phi) is 5.37. The predicted molar refractivity (Wildman–Crippen MR) is 70.3 cm³/mol. The van der Waals surface area contributed by atoms with Gasteiger partial charge in [-0.15, -0.1) is 12.3 Å². The SMILES string of the molecule is C#CCCCOc1cc(Br)ccc1[C@H](C)N. The van der Waals surface area contributed by atoms with Crippen LogP contribution in [0.5, 0.6) is 5.75 Å². The van der Waals surface area contributed by atoms with E-state index in [2.05, 4.69) is 21.9 Å². The van der Waals surface area contributed by atoms with Crippen LogP contribution >= 0.6 is 15.9 Å². The molecular formula is C13H16BrNO. The Bertz CT molecular complexity index is 382. The van der Waals surface area contributed by atoms with E-state index in [9.17, 15) is 0 Å². The molecule has 0 heterocycles. The number of nitrogens with two attached hydrogens (primary N) is 1. The Balaban J connectivity index is 2.69. The van der Waals surface area contributed by atoms with Crippen molar-refractivity contribution in [3.8, 4) is 18.1 Å². The van der Waals surface area contributed by atoms with E-state index in [1.807, 2.05) is 25.1 Å². The van der Waals surface area contributed by atoms with Crippen molar-refractivity contribution in [3.05, 3.63) is 28.2 Å². The highest BCUT2D eigenvalue weighted by Crippen LogP contribution is 2.27. The Morgan fingerprint density at radius 2 is 2.31 bits per heavy atom. The molecule has 0 amide bonds. The van der Waals surface area contributed by atoms with E-state index in [1.54, 1.807) is 0 Å². The minimum Gasteiger partial charge on any atom is -0.493 e. The van der Waals surface area contributed by atoms with Crippen molar-refractivity contribution in [2.45, 2.75) is 25.8 Å². The van der Waals surface area contributed by atoms with E-state index in [4.69, 9.17) is 16.9 Å². The Labute approximate surface area is 105 Å². The van der Waals surface area contributed by atoms with Gasteiger partial charge in [0.1, 0.15) is 5.75 Å². The largest absolute Gasteiger partial charge is 0.493 e. The van der Waals surface area contributed by atoms with Crippen LogP contribution in [-0.2, 0) is 0 Å². The van der Waals surface area contributed by atoms with E-state index >= 15 is 0 Å². The zero-order chi connectivity index (χ0) is 12.0. The summed E-state index contributed by atoms with van der Waals surface area (Å²) in [4.78, 5) is 0. The molecule has 0 aromatic heterocycles. The molecule has 1 aromatic rings. The molecule has 0 radical (unpaired) electrons. The number of hydrogen-bond donors (Lipinski definition) is 1. The molecule has 0 aliphatic rings. The number of rotatable bonds is 5. The van der Waals surface area contributed by atoms with Crippen LogP contribution in [0.3, 0.4) is 0 Å². The van der Waals surface area contributed by atoms with Crippen molar-refractivity contribution < 1.29 is 4.74 Å². The van der Waals surface area contributed by atoms with Crippen LogP contribution in [0.15, 0.2) is 22.7 Å². The summed E-state index contributed by atoms with van der Waals surface area (Å²) in [5.41, 5.74) is 6.88. The molecule has 0 saturated heterocycles. The van der Waals surface area contributed by atoms with Crippen LogP contribution in [0.1, 0.15) is 31.4 Å². The molecule has 2 nitrogen and oxygen atoms in total. The molecule has 0 bridgehead atoms. The van der Waals surface area contributed by atoms with Gasteiger partial charge in [-0.2, -0.15) is 0 Å². The fraction of sp³-hybridized carbons (Fsp3) is 0.385. The molecule has 0 saturated carbocycles. The average Bonchev–Trinajstić information content (AvgIpc) is 2.24.